The Morgan fingerprint density at radius 3 is 1.35 bits per heavy atom. The maximum atomic E-state index is 8.91. The summed E-state index contributed by atoms with van der Waals surface area (Å²) < 4.78 is 31.1. The van der Waals surface area contributed by atoms with Crippen LogP contribution in [0.4, 0.5) is 34.4 Å². The second-order valence-electron chi connectivity index (χ2n) is 27.5. The molecule has 4 unspecified atom stereocenters. The zero-order valence-electron chi connectivity index (χ0n) is 55.5. The molecule has 2 aliphatic carbocycles. The van der Waals surface area contributed by atoms with Gasteiger partial charge in [0.05, 0.1) is 59.8 Å². The Hall–Kier alpha value is -9.18. The highest BCUT2D eigenvalue weighted by atomic mass is 28.4. The highest BCUT2D eigenvalue weighted by Gasteiger charge is 2.44. The lowest BCUT2D eigenvalue weighted by atomic mass is 9.92. The van der Waals surface area contributed by atoms with Crippen molar-refractivity contribution in [3.63, 3.8) is 0 Å². The largest absolute Gasteiger partial charge is 0.489 e. The molecule has 6 fully saturated rings. The number of aliphatic hydroxyl groups is 1. The maximum Gasteiger partial charge on any atom is 0.215 e. The molecule has 4 bridgehead atoms. The van der Waals surface area contributed by atoms with Crippen LogP contribution in [0, 0.1) is 13.8 Å². The molecule has 2 saturated carbocycles. The zero-order valence-corrected chi connectivity index (χ0v) is 56.5. The van der Waals surface area contributed by atoms with Crippen molar-refractivity contribution in [2.75, 3.05) is 70.5 Å². The number of nitrogens with zero attached hydrogens (tertiary/aromatic N) is 12. The summed E-state index contributed by atoms with van der Waals surface area (Å²) in [5.74, 6) is 3.78. The highest BCUT2D eigenvalue weighted by Crippen LogP contribution is 2.43. The van der Waals surface area contributed by atoms with E-state index in [4.69, 9.17) is 39.9 Å². The minimum Gasteiger partial charge on any atom is -0.489 e. The Morgan fingerprint density at radius 1 is 0.526 bits per heavy atom. The molecule has 5 N–H and O–H groups in total. The van der Waals surface area contributed by atoms with E-state index in [1.807, 2.05) is 73.1 Å². The molecular formula is C74H88N14O6Si. The van der Waals surface area contributed by atoms with Gasteiger partial charge in [0, 0.05) is 123 Å². The summed E-state index contributed by atoms with van der Waals surface area (Å²) in [6.07, 6.45) is 22.8. The summed E-state index contributed by atoms with van der Waals surface area (Å²) in [7, 11) is -1.76. The average molecular weight is 1300 g/mol. The molecule has 4 aliphatic heterocycles. The molecule has 20 nitrogen and oxygen atoms in total. The first-order valence-corrected chi connectivity index (χ1v) is 36.4. The molecule has 14 rings (SSSR count). The van der Waals surface area contributed by atoms with E-state index in [2.05, 4.69) is 168 Å². The second kappa shape index (κ2) is 28.0. The van der Waals surface area contributed by atoms with E-state index >= 15 is 0 Å². The van der Waals surface area contributed by atoms with Gasteiger partial charge in [0.1, 0.15) is 35.9 Å². The third-order valence-corrected chi connectivity index (χ3v) is 24.5. The van der Waals surface area contributed by atoms with E-state index in [1.54, 1.807) is 24.5 Å². The van der Waals surface area contributed by atoms with Gasteiger partial charge in [-0.3, -0.25) is 9.97 Å². The molecule has 8 aromatic rings. The third-order valence-electron chi connectivity index (χ3n) is 20.0. The van der Waals surface area contributed by atoms with Gasteiger partial charge in [0.25, 0.3) is 0 Å². The molecule has 95 heavy (non-hydrogen) atoms. The van der Waals surface area contributed by atoms with Crippen molar-refractivity contribution in [2.24, 2.45) is 0 Å². The van der Waals surface area contributed by atoms with Crippen LogP contribution in [0.15, 0.2) is 146 Å². The number of hydrogen-bond acceptors (Lipinski definition) is 20. The van der Waals surface area contributed by atoms with Gasteiger partial charge >= 0.3 is 0 Å². The van der Waals surface area contributed by atoms with Crippen LogP contribution in [-0.2, 0) is 4.43 Å². The molecule has 0 amide bonds. The Labute approximate surface area is 558 Å². The van der Waals surface area contributed by atoms with Crippen LogP contribution >= 0.6 is 0 Å². The van der Waals surface area contributed by atoms with Crippen LogP contribution < -0.4 is 50.0 Å². The van der Waals surface area contributed by atoms with Crippen molar-refractivity contribution < 1.29 is 28.5 Å². The van der Waals surface area contributed by atoms with E-state index in [0.29, 0.717) is 54.2 Å². The number of pyridine rings is 4. The highest BCUT2D eigenvalue weighted by molar-refractivity contribution is 6.74. The third kappa shape index (κ3) is 14.9. The number of aryl methyl sites for hydroxylation is 2. The summed E-state index contributed by atoms with van der Waals surface area (Å²) >= 11 is 0. The van der Waals surface area contributed by atoms with Gasteiger partial charge in [-0.2, -0.15) is 0 Å². The Balaban J connectivity index is 0.000000174. The quantitative estimate of drug-likeness (QED) is 0.0602. The van der Waals surface area contributed by atoms with E-state index < -0.39 is 8.32 Å². The van der Waals surface area contributed by atoms with Crippen molar-refractivity contribution in [1.82, 2.24) is 40.3 Å². The summed E-state index contributed by atoms with van der Waals surface area (Å²) in [5.41, 5.74) is 24.9. The normalized spacial score (nSPS) is 22.3. The number of piperazine rings is 2. The van der Waals surface area contributed by atoms with Crippen LogP contribution in [0.5, 0.6) is 23.3 Å². The second-order valence-corrected chi connectivity index (χ2v) is 32.3. The number of ether oxygens (including phenoxy) is 4. The molecule has 0 radical (unpaired) electrons. The molecule has 4 saturated heterocycles. The van der Waals surface area contributed by atoms with Gasteiger partial charge in [-0.25, -0.2) is 9.97 Å². The Bertz CT molecular complexity index is 3980. The summed E-state index contributed by atoms with van der Waals surface area (Å²) in [6.45, 7) is 19.6. The fraction of sp³-hybridized carbons (Fsp3) is 0.405. The molecule has 494 valence electrons. The van der Waals surface area contributed by atoms with Crippen molar-refractivity contribution in [3.05, 3.63) is 169 Å². The van der Waals surface area contributed by atoms with Crippen LogP contribution in [0.1, 0.15) is 94.7 Å². The number of hydrogen-bond donors (Lipinski definition) is 3. The van der Waals surface area contributed by atoms with E-state index in [-0.39, 0.29) is 36.1 Å². The first-order valence-electron chi connectivity index (χ1n) is 33.5. The fourth-order valence-electron chi connectivity index (χ4n) is 13.6. The zero-order chi connectivity index (χ0) is 65.8. The van der Waals surface area contributed by atoms with Gasteiger partial charge in [-0.1, -0.05) is 81.5 Å². The number of nitrogen functional groups attached to an aromatic ring is 2. The lowest BCUT2D eigenvalue weighted by molar-refractivity contribution is 0.00174. The van der Waals surface area contributed by atoms with Crippen LogP contribution in [0.2, 0.25) is 18.1 Å². The molecule has 6 aromatic heterocycles. The van der Waals surface area contributed by atoms with Crippen molar-refractivity contribution in [1.29, 1.82) is 0 Å². The van der Waals surface area contributed by atoms with E-state index in [0.717, 1.165) is 146 Å². The van der Waals surface area contributed by atoms with E-state index in [9.17, 15) is 0 Å². The fourth-order valence-corrected chi connectivity index (χ4v) is 14.6. The summed E-state index contributed by atoms with van der Waals surface area (Å²) in [6, 6.07) is 38.3. The predicted octanol–water partition coefficient (Wildman–Crippen LogP) is 12.4. The van der Waals surface area contributed by atoms with Crippen LogP contribution in [0.25, 0.3) is 34.7 Å². The molecule has 6 aliphatic rings. The standard InChI is InChI=1S/C40H51N7O3Si.C34H37N7O3/c1-27-10-7-8-12-35(27)36-23-37(39(41)45-44-36)46-25-30-14-15-31(26-46)47(30)29-17-18-42-38(20-29)50-34-21-33(22-34)49-32-16-13-28(43-24-32)11-9-19-48-51(5,6)40(2,3)4;1-22-5-2-3-7-30(22)31-18-32(34(35)39-38-31)40-20-25-9-10-26(21-40)41(25)24-12-13-36-33(15-24)44-29-16-28(17-29)43-27-11-8-23(37-19-27)6-4-14-42/h7-13,16-18,20,23-24,30-31,33-34H,14-15,19,21-22,25-26H2,1-6H3,(H2,41,45);2-8,11-13,15,18-19,25-26,28-29,42H,9-10,14,16-17,20-21H2,1H3,(H2,35,39)/b11-9+;6-4+. The average Bonchev–Trinajstić information content (AvgIpc) is 1.69. The van der Waals surface area contributed by atoms with E-state index in [1.165, 1.54) is 11.1 Å². The van der Waals surface area contributed by atoms with Gasteiger partial charge in [0.2, 0.25) is 11.8 Å². The number of benzene rings is 2. The van der Waals surface area contributed by atoms with Crippen molar-refractivity contribution in [3.8, 4) is 45.8 Å². The topological polar surface area (TPSA) is 234 Å². The number of fused-ring (bicyclic) bond motifs is 4. The molecule has 2 aromatic carbocycles. The van der Waals surface area contributed by atoms with Gasteiger partial charge in [-0.05, 0) is 129 Å². The molecule has 10 heterocycles. The monoisotopic (exact) mass is 1300 g/mol. The maximum absolute atomic E-state index is 8.91. The lowest BCUT2D eigenvalue weighted by Crippen LogP contribution is -2.54. The Kier molecular flexibility index (Phi) is 19.0. The predicted molar refractivity (Wildman–Crippen MR) is 378 cm³/mol. The smallest absolute Gasteiger partial charge is 0.215 e. The summed E-state index contributed by atoms with van der Waals surface area (Å²) in [5, 5.41) is 26.6. The number of aromatic nitrogens is 8. The Morgan fingerprint density at radius 2 is 0.947 bits per heavy atom. The number of rotatable bonds is 20. The SMILES string of the molecule is Cc1ccccc1-c1cc(N2CC3CCC(C2)N3c2ccnc(OC3CC(Oc4ccc(/C=C/CO)nc4)C3)c2)c(N)nn1.Cc1ccccc1-c1cc(N2CC3CCC(C2)N3c2ccnc(OC3CC(Oc4ccc(/C=C/CO[Si](C)(C)C(C)(C)C)nc4)C3)c2)c(N)nn1. The first-order chi connectivity index (χ1) is 46.0. The van der Waals surface area contributed by atoms with Gasteiger partial charge in [-0.15, -0.1) is 20.4 Å². The molecule has 0 spiro atoms. The minimum absolute atomic E-state index is 0.00513. The molecule has 4 atom stereocenters. The van der Waals surface area contributed by atoms with Crippen molar-refractivity contribution in [2.45, 2.75) is 153 Å². The number of anilines is 6. The lowest BCUT2D eigenvalue weighted by Gasteiger charge is -2.43. The van der Waals surface area contributed by atoms with Gasteiger partial charge < -0.3 is 59.5 Å². The van der Waals surface area contributed by atoms with Gasteiger partial charge in [0.15, 0.2) is 20.0 Å². The molecular weight excluding hydrogens is 1210 g/mol. The summed E-state index contributed by atoms with van der Waals surface area (Å²) in [4.78, 5) is 27.9. The molecule has 21 heteroatoms. The van der Waals surface area contributed by atoms with Crippen LogP contribution in [-0.4, -0.2) is 142 Å². The minimum atomic E-state index is -1.76. The number of aliphatic hydroxyl groups excluding tert-OH is 1. The first kappa shape index (κ1) is 64.5. The van der Waals surface area contributed by atoms with Crippen LogP contribution in [0.3, 0.4) is 0 Å². The van der Waals surface area contributed by atoms with Crippen molar-refractivity contribution >= 4 is 54.9 Å². The number of nitrogens with two attached hydrogens (primary N) is 2.